The molecule has 0 atom stereocenters. The third-order valence-electron chi connectivity index (χ3n) is 1.85. The first-order chi connectivity index (χ1) is 7.77. The standard InChI is InChI=1S/C9H5F5N2O/c10-8(11)6-7(17)5(9(12,13)14)3-4(16-6)1-2-15/h3,8,17H,1H2. The fraction of sp³-hybridized carbons (Fsp3) is 0.333. The van der Waals surface area contributed by atoms with Gasteiger partial charge in [-0.15, -0.1) is 0 Å². The van der Waals surface area contributed by atoms with E-state index in [1.54, 1.807) is 0 Å². The van der Waals surface area contributed by atoms with E-state index in [1.165, 1.54) is 6.07 Å². The predicted molar refractivity (Wildman–Crippen MR) is 45.2 cm³/mol. The molecule has 0 aliphatic heterocycles. The Balaban J connectivity index is 3.44. The smallest absolute Gasteiger partial charge is 0.420 e. The molecule has 0 radical (unpaired) electrons. The van der Waals surface area contributed by atoms with Gasteiger partial charge >= 0.3 is 6.18 Å². The van der Waals surface area contributed by atoms with Crippen molar-refractivity contribution in [3.05, 3.63) is 23.0 Å². The van der Waals surface area contributed by atoms with Crippen LogP contribution < -0.4 is 0 Å². The number of aromatic hydroxyl groups is 1. The molecule has 0 aliphatic rings. The predicted octanol–water partition coefficient (Wildman–Crippen LogP) is 2.81. The second kappa shape index (κ2) is 4.53. The molecule has 92 valence electrons. The number of rotatable bonds is 2. The van der Waals surface area contributed by atoms with Crippen molar-refractivity contribution in [1.82, 2.24) is 4.98 Å². The van der Waals surface area contributed by atoms with Crippen molar-refractivity contribution in [1.29, 1.82) is 5.26 Å². The molecule has 1 aromatic rings. The van der Waals surface area contributed by atoms with Crippen LogP contribution in [0, 0.1) is 11.3 Å². The van der Waals surface area contributed by atoms with Gasteiger partial charge in [-0.3, -0.25) is 0 Å². The summed E-state index contributed by atoms with van der Waals surface area (Å²) in [7, 11) is 0. The minimum absolute atomic E-state index is 0.379. The molecule has 1 rings (SSSR count). The number of hydrogen-bond donors (Lipinski definition) is 1. The van der Waals surface area contributed by atoms with Crippen LogP contribution in [0.25, 0.3) is 0 Å². The van der Waals surface area contributed by atoms with E-state index in [0.29, 0.717) is 6.07 Å². The summed E-state index contributed by atoms with van der Waals surface area (Å²) in [5.74, 6) is -1.60. The van der Waals surface area contributed by atoms with Crippen LogP contribution in [0.1, 0.15) is 23.4 Å². The Hall–Kier alpha value is -1.91. The topological polar surface area (TPSA) is 56.9 Å². The number of hydrogen-bond acceptors (Lipinski definition) is 3. The molecule has 3 nitrogen and oxygen atoms in total. The van der Waals surface area contributed by atoms with Gasteiger partial charge in [-0.2, -0.15) is 18.4 Å². The quantitative estimate of drug-likeness (QED) is 0.823. The summed E-state index contributed by atoms with van der Waals surface area (Å²) in [4.78, 5) is 3.11. The van der Waals surface area contributed by atoms with Gasteiger partial charge in [-0.25, -0.2) is 13.8 Å². The van der Waals surface area contributed by atoms with Gasteiger partial charge in [0.2, 0.25) is 0 Å². The molecule has 1 heterocycles. The SMILES string of the molecule is N#CCc1cc(C(F)(F)F)c(O)c(C(F)F)n1. The molecule has 0 bridgehead atoms. The molecule has 17 heavy (non-hydrogen) atoms. The van der Waals surface area contributed by atoms with Crippen LogP contribution in [0.2, 0.25) is 0 Å². The van der Waals surface area contributed by atoms with E-state index in [1.807, 2.05) is 0 Å². The number of aromatic nitrogens is 1. The van der Waals surface area contributed by atoms with E-state index in [9.17, 15) is 22.0 Å². The van der Waals surface area contributed by atoms with Crippen LogP contribution in [0.4, 0.5) is 22.0 Å². The summed E-state index contributed by atoms with van der Waals surface area (Å²) in [6.45, 7) is 0. The number of pyridine rings is 1. The van der Waals surface area contributed by atoms with Gasteiger partial charge in [-0.05, 0) is 6.07 Å². The van der Waals surface area contributed by atoms with Gasteiger partial charge in [0.1, 0.15) is 11.3 Å². The molecular weight excluding hydrogens is 247 g/mol. The third-order valence-corrected chi connectivity index (χ3v) is 1.85. The normalized spacial score (nSPS) is 11.6. The molecular formula is C9H5F5N2O. The zero-order chi connectivity index (χ0) is 13.2. The van der Waals surface area contributed by atoms with E-state index in [-0.39, 0.29) is 0 Å². The van der Waals surface area contributed by atoms with Crippen molar-refractivity contribution < 1.29 is 27.1 Å². The van der Waals surface area contributed by atoms with Crippen LogP contribution >= 0.6 is 0 Å². The molecule has 0 fully saturated rings. The summed E-state index contributed by atoms with van der Waals surface area (Å²) in [6, 6.07) is 1.87. The molecule has 0 amide bonds. The summed E-state index contributed by atoms with van der Waals surface area (Å²) < 4.78 is 61.9. The average Bonchev–Trinajstić information content (AvgIpc) is 2.18. The van der Waals surface area contributed by atoms with Crippen molar-refractivity contribution in [2.24, 2.45) is 0 Å². The van der Waals surface area contributed by atoms with Crippen molar-refractivity contribution in [2.75, 3.05) is 0 Å². The molecule has 0 unspecified atom stereocenters. The Morgan fingerprint density at radius 1 is 1.41 bits per heavy atom. The molecule has 0 aliphatic carbocycles. The molecule has 1 aromatic heterocycles. The summed E-state index contributed by atoms with van der Waals surface area (Å²) in [6.07, 6.45) is -8.89. The first-order valence-electron chi connectivity index (χ1n) is 4.22. The number of alkyl halides is 5. The molecule has 8 heteroatoms. The molecule has 0 aromatic carbocycles. The number of halogens is 5. The Kier molecular flexibility index (Phi) is 3.50. The lowest BCUT2D eigenvalue weighted by molar-refractivity contribution is -0.139. The fourth-order valence-corrected chi connectivity index (χ4v) is 1.15. The average molecular weight is 252 g/mol. The van der Waals surface area contributed by atoms with Gasteiger partial charge in [0, 0.05) is 0 Å². The van der Waals surface area contributed by atoms with Gasteiger partial charge in [-0.1, -0.05) is 0 Å². The Bertz CT molecular complexity index is 464. The minimum atomic E-state index is -4.99. The van der Waals surface area contributed by atoms with Crippen molar-refractivity contribution >= 4 is 0 Å². The maximum Gasteiger partial charge on any atom is 0.420 e. The van der Waals surface area contributed by atoms with Gasteiger partial charge < -0.3 is 5.11 Å². The van der Waals surface area contributed by atoms with Crippen LogP contribution in [0.3, 0.4) is 0 Å². The maximum absolute atomic E-state index is 12.4. The van der Waals surface area contributed by atoms with Gasteiger partial charge in [0.05, 0.1) is 18.2 Å². The van der Waals surface area contributed by atoms with E-state index in [4.69, 9.17) is 10.4 Å². The summed E-state index contributed by atoms with van der Waals surface area (Å²) in [5.41, 5.74) is -3.45. The molecule has 0 spiro atoms. The van der Waals surface area contributed by atoms with Crippen LogP contribution in [-0.4, -0.2) is 10.1 Å². The zero-order valence-electron chi connectivity index (χ0n) is 8.09. The van der Waals surface area contributed by atoms with E-state index in [0.717, 1.165) is 0 Å². The van der Waals surface area contributed by atoms with Crippen LogP contribution in [0.15, 0.2) is 6.07 Å². The number of nitriles is 1. The number of nitrogens with zero attached hydrogens (tertiary/aromatic N) is 2. The first kappa shape index (κ1) is 13.2. The highest BCUT2D eigenvalue weighted by Crippen LogP contribution is 2.40. The molecule has 0 saturated heterocycles. The second-order valence-electron chi connectivity index (χ2n) is 3.03. The van der Waals surface area contributed by atoms with Crippen molar-refractivity contribution in [3.8, 4) is 11.8 Å². The monoisotopic (exact) mass is 252 g/mol. The minimum Gasteiger partial charge on any atom is -0.505 e. The third kappa shape index (κ3) is 2.81. The second-order valence-corrected chi connectivity index (χ2v) is 3.03. The largest absolute Gasteiger partial charge is 0.505 e. The molecule has 1 N–H and O–H groups in total. The first-order valence-corrected chi connectivity index (χ1v) is 4.22. The summed E-state index contributed by atoms with van der Waals surface area (Å²) in [5, 5.41) is 17.3. The van der Waals surface area contributed by atoms with Crippen LogP contribution in [0.5, 0.6) is 5.75 Å². The zero-order valence-corrected chi connectivity index (χ0v) is 8.09. The van der Waals surface area contributed by atoms with E-state index >= 15 is 0 Å². The van der Waals surface area contributed by atoms with Gasteiger partial charge in [0.15, 0.2) is 5.75 Å². The highest BCUT2D eigenvalue weighted by Gasteiger charge is 2.37. The molecule has 0 saturated carbocycles. The lowest BCUT2D eigenvalue weighted by Gasteiger charge is -2.12. The van der Waals surface area contributed by atoms with Gasteiger partial charge in [0.25, 0.3) is 6.43 Å². The highest BCUT2D eigenvalue weighted by atomic mass is 19.4. The lowest BCUT2D eigenvalue weighted by Crippen LogP contribution is -2.10. The van der Waals surface area contributed by atoms with Crippen molar-refractivity contribution in [2.45, 2.75) is 19.0 Å². The van der Waals surface area contributed by atoms with Crippen LogP contribution in [-0.2, 0) is 12.6 Å². The fourth-order valence-electron chi connectivity index (χ4n) is 1.15. The lowest BCUT2D eigenvalue weighted by atomic mass is 10.1. The Morgan fingerprint density at radius 2 is 2.00 bits per heavy atom. The van der Waals surface area contributed by atoms with E-state index < -0.39 is 41.7 Å². The maximum atomic E-state index is 12.4. The highest BCUT2D eigenvalue weighted by molar-refractivity contribution is 5.41. The van der Waals surface area contributed by atoms with E-state index in [2.05, 4.69) is 4.98 Å². The summed E-state index contributed by atoms with van der Waals surface area (Å²) >= 11 is 0. The van der Waals surface area contributed by atoms with Crippen molar-refractivity contribution in [3.63, 3.8) is 0 Å². The Morgan fingerprint density at radius 3 is 2.41 bits per heavy atom. The Labute approximate surface area is 92.1 Å².